The van der Waals surface area contributed by atoms with Crippen molar-refractivity contribution in [2.45, 2.75) is 58.3 Å². The van der Waals surface area contributed by atoms with Crippen molar-refractivity contribution < 1.29 is 28.5 Å². The van der Waals surface area contributed by atoms with Crippen molar-refractivity contribution in [3.63, 3.8) is 0 Å². The highest BCUT2D eigenvalue weighted by atomic mass is 16.5. The molecule has 0 aliphatic carbocycles. The molecule has 15 nitrogen and oxygen atoms in total. The van der Waals surface area contributed by atoms with Crippen molar-refractivity contribution in [2.75, 3.05) is 13.1 Å². The fraction of sp³-hybridized carbons (Fsp3) is 0.371. The van der Waals surface area contributed by atoms with Crippen LogP contribution in [0.15, 0.2) is 70.0 Å². The summed E-state index contributed by atoms with van der Waals surface area (Å²) in [4.78, 5) is 81.8. The Labute approximate surface area is 287 Å². The molecule has 3 atom stereocenters. The number of aromatic nitrogens is 3. The Morgan fingerprint density at radius 1 is 0.900 bits per heavy atom. The second-order valence-corrected chi connectivity index (χ2v) is 12.7. The molecule has 1 aliphatic rings. The Kier molecular flexibility index (Phi) is 11.0. The fourth-order valence-electron chi connectivity index (χ4n) is 5.65. The third-order valence-electron chi connectivity index (χ3n) is 8.26. The molecule has 0 radical (unpaired) electrons. The second-order valence-electron chi connectivity index (χ2n) is 12.7. The first-order valence-electron chi connectivity index (χ1n) is 16.4. The Morgan fingerprint density at radius 2 is 1.58 bits per heavy atom. The molecule has 0 unspecified atom stereocenters. The lowest BCUT2D eigenvalue weighted by molar-refractivity contribution is -0.132. The maximum Gasteiger partial charge on any atom is 0.275 e. The molecule has 3 heterocycles. The monoisotopic (exact) mass is 684 g/mol. The zero-order valence-corrected chi connectivity index (χ0v) is 28.3. The van der Waals surface area contributed by atoms with Crippen LogP contribution in [0.4, 0.5) is 0 Å². The number of carbonyl (C=O) groups excluding carboxylic acids is 5. The van der Waals surface area contributed by atoms with Gasteiger partial charge in [0.2, 0.25) is 17.7 Å². The third-order valence-corrected chi connectivity index (χ3v) is 8.26. The second kappa shape index (κ2) is 15.6. The molecule has 2 aromatic heterocycles. The van der Waals surface area contributed by atoms with E-state index < -0.39 is 47.7 Å². The number of hydrogen-bond acceptors (Lipinski definition) is 9. The number of rotatable bonds is 5. The SMILES string of the molecule is CC(C)C[C@H]1NC(=O)[C@@H](C)NC(=O)c2cc(on2)CN(C(=O)c2nn(C)c(=O)c3ccccc23)CCNC(=O)[C@@H](Cc2ccccc2)NC1=O. The number of nitrogens with zero attached hydrogens (tertiary/aromatic N) is 4. The van der Waals surface area contributed by atoms with Crippen molar-refractivity contribution in [1.29, 1.82) is 0 Å². The van der Waals surface area contributed by atoms with Gasteiger partial charge in [-0.05, 0) is 30.9 Å². The molecule has 0 saturated carbocycles. The number of nitrogens with one attached hydrogen (secondary N) is 4. The summed E-state index contributed by atoms with van der Waals surface area (Å²) in [5.74, 6) is -2.79. The fourth-order valence-corrected chi connectivity index (χ4v) is 5.65. The molecular weight excluding hydrogens is 644 g/mol. The minimum absolute atomic E-state index is 0.00102. The van der Waals surface area contributed by atoms with E-state index in [2.05, 4.69) is 31.5 Å². The Morgan fingerprint density at radius 3 is 2.30 bits per heavy atom. The van der Waals surface area contributed by atoms with Crippen molar-refractivity contribution in [3.8, 4) is 0 Å². The summed E-state index contributed by atoms with van der Waals surface area (Å²) in [5.41, 5.74) is 0.285. The van der Waals surface area contributed by atoms with Crippen LogP contribution in [0.25, 0.3) is 10.8 Å². The first-order chi connectivity index (χ1) is 23.9. The number of aryl methyl sites for hydroxylation is 1. The number of benzene rings is 2. The van der Waals surface area contributed by atoms with Gasteiger partial charge in [0, 0.05) is 38.0 Å². The quantitative estimate of drug-likeness (QED) is 0.238. The number of fused-ring (bicyclic) bond motifs is 3. The summed E-state index contributed by atoms with van der Waals surface area (Å²) in [6.07, 6.45) is 0.431. The van der Waals surface area contributed by atoms with E-state index in [1.165, 1.54) is 24.9 Å². The van der Waals surface area contributed by atoms with Gasteiger partial charge in [-0.15, -0.1) is 0 Å². The van der Waals surface area contributed by atoms with Crippen molar-refractivity contribution in [2.24, 2.45) is 13.0 Å². The third kappa shape index (κ3) is 8.40. The van der Waals surface area contributed by atoms with E-state index >= 15 is 0 Å². The summed E-state index contributed by atoms with van der Waals surface area (Å²) in [7, 11) is 1.44. The largest absolute Gasteiger partial charge is 0.359 e. The van der Waals surface area contributed by atoms with Gasteiger partial charge in [0.1, 0.15) is 18.1 Å². The van der Waals surface area contributed by atoms with Gasteiger partial charge in [-0.1, -0.05) is 67.5 Å². The van der Waals surface area contributed by atoms with Crippen LogP contribution in [-0.2, 0) is 34.4 Å². The summed E-state index contributed by atoms with van der Waals surface area (Å²) < 4.78 is 6.50. The average Bonchev–Trinajstić information content (AvgIpc) is 3.57. The van der Waals surface area contributed by atoms with Gasteiger partial charge in [-0.3, -0.25) is 28.8 Å². The van der Waals surface area contributed by atoms with Crippen molar-refractivity contribution in [1.82, 2.24) is 41.1 Å². The van der Waals surface area contributed by atoms with E-state index in [0.717, 1.165) is 10.2 Å². The van der Waals surface area contributed by atoms with E-state index in [-0.39, 0.29) is 61.1 Å². The van der Waals surface area contributed by atoms with Gasteiger partial charge in [0.25, 0.3) is 17.4 Å². The molecule has 0 spiro atoms. The standard InChI is InChI=1S/C35H40N8O7/c1-20(2)16-26-32(46)39-27(17-22-10-6-5-7-11-22)31(45)36-14-15-43(19-23-18-28(41-50-23)33(47)37-21(3)30(44)38-26)35(49)29-24-12-8-9-13-25(24)34(48)42(4)40-29/h5-13,18,20-21,26-27H,14-17,19H2,1-4H3,(H,36,45)(H,37,47)(H,38,44)(H,39,46)/t21-,26-,27-/m1/s1. The molecule has 262 valence electrons. The van der Waals surface area contributed by atoms with Crippen LogP contribution in [0.3, 0.4) is 0 Å². The highest BCUT2D eigenvalue weighted by molar-refractivity contribution is 6.05. The predicted octanol–water partition coefficient (Wildman–Crippen LogP) is 1.07. The number of carbonyl (C=O) groups is 5. The molecule has 4 N–H and O–H groups in total. The molecule has 15 heteroatoms. The van der Waals surface area contributed by atoms with E-state index in [0.29, 0.717) is 10.8 Å². The lowest BCUT2D eigenvalue weighted by atomic mass is 10.0. The molecular formula is C35H40N8O7. The van der Waals surface area contributed by atoms with Crippen LogP contribution in [0.5, 0.6) is 0 Å². The van der Waals surface area contributed by atoms with E-state index in [9.17, 15) is 28.8 Å². The average molecular weight is 685 g/mol. The predicted molar refractivity (Wildman–Crippen MR) is 182 cm³/mol. The molecule has 4 aromatic rings. The maximum absolute atomic E-state index is 14.1. The molecule has 50 heavy (non-hydrogen) atoms. The summed E-state index contributed by atoms with van der Waals surface area (Å²) in [6, 6.07) is 14.0. The van der Waals surface area contributed by atoms with Gasteiger partial charge in [0.05, 0.1) is 11.9 Å². The Bertz CT molecular complexity index is 1960. The van der Waals surface area contributed by atoms with Crippen molar-refractivity contribution in [3.05, 3.63) is 93.7 Å². The molecule has 2 bridgehead atoms. The first kappa shape index (κ1) is 35.4. The zero-order valence-electron chi connectivity index (χ0n) is 28.3. The minimum atomic E-state index is -1.06. The van der Waals surface area contributed by atoms with Crippen LogP contribution in [-0.4, -0.2) is 80.6 Å². The minimum Gasteiger partial charge on any atom is -0.359 e. The molecule has 0 fully saturated rings. The Balaban J connectivity index is 1.50. The zero-order chi connectivity index (χ0) is 35.9. The highest BCUT2D eigenvalue weighted by Crippen LogP contribution is 2.17. The molecule has 5 amide bonds. The first-order valence-corrected chi connectivity index (χ1v) is 16.4. The number of amides is 5. The van der Waals surface area contributed by atoms with Crippen LogP contribution < -0.4 is 26.8 Å². The summed E-state index contributed by atoms with van der Waals surface area (Å²) >= 11 is 0. The van der Waals surface area contributed by atoms with Gasteiger partial charge in [0.15, 0.2) is 17.1 Å². The lowest BCUT2D eigenvalue weighted by Crippen LogP contribution is -2.57. The normalized spacial score (nSPS) is 19.6. The summed E-state index contributed by atoms with van der Waals surface area (Å²) in [6.45, 7) is 5.00. The van der Waals surface area contributed by atoms with Crippen LogP contribution in [0, 0.1) is 5.92 Å². The molecule has 1 aliphatic heterocycles. The van der Waals surface area contributed by atoms with Crippen LogP contribution in [0.1, 0.15) is 59.5 Å². The van der Waals surface area contributed by atoms with Crippen LogP contribution >= 0.6 is 0 Å². The smallest absolute Gasteiger partial charge is 0.275 e. The van der Waals surface area contributed by atoms with E-state index in [1.807, 2.05) is 44.2 Å². The Hall–Kier alpha value is -5.86. The molecule has 5 rings (SSSR count). The lowest BCUT2D eigenvalue weighted by Gasteiger charge is -2.26. The van der Waals surface area contributed by atoms with E-state index in [4.69, 9.17) is 4.52 Å². The van der Waals surface area contributed by atoms with Gasteiger partial charge >= 0.3 is 0 Å². The molecule has 2 aromatic carbocycles. The maximum atomic E-state index is 14.1. The summed E-state index contributed by atoms with van der Waals surface area (Å²) in [5, 5.41) is 19.7. The van der Waals surface area contributed by atoms with Crippen molar-refractivity contribution >= 4 is 40.3 Å². The molecule has 0 saturated heterocycles. The van der Waals surface area contributed by atoms with Gasteiger partial charge in [-0.25, -0.2) is 4.68 Å². The highest BCUT2D eigenvalue weighted by Gasteiger charge is 2.31. The number of hydrogen-bond donors (Lipinski definition) is 4. The van der Waals surface area contributed by atoms with E-state index in [1.54, 1.807) is 24.3 Å². The van der Waals surface area contributed by atoms with Crippen LogP contribution in [0.2, 0.25) is 0 Å². The topological polar surface area (TPSA) is 198 Å². The van der Waals surface area contributed by atoms with Gasteiger partial charge < -0.3 is 30.7 Å². The van der Waals surface area contributed by atoms with Gasteiger partial charge in [-0.2, -0.15) is 5.10 Å².